The number of fused-ring (bicyclic) bond motifs is 4. The molecule has 0 radical (unpaired) electrons. The maximum absolute atomic E-state index is 13.8. The van der Waals surface area contributed by atoms with Crippen LogP contribution in [0.3, 0.4) is 0 Å². The molecule has 2 aromatic heterocycles. The highest BCUT2D eigenvalue weighted by Gasteiger charge is 2.30. The molecule has 176 valence electrons. The first kappa shape index (κ1) is 21.7. The second-order valence-electron chi connectivity index (χ2n) is 9.26. The summed E-state index contributed by atoms with van der Waals surface area (Å²) in [5.74, 6) is 0.939. The maximum atomic E-state index is 13.8. The molecule has 5 aromatic rings. The van der Waals surface area contributed by atoms with E-state index in [1.54, 1.807) is 7.05 Å². The average Bonchev–Trinajstić information content (AvgIpc) is 3.25. The molecule has 0 aliphatic carbocycles. The van der Waals surface area contributed by atoms with E-state index in [2.05, 4.69) is 11.8 Å². The summed E-state index contributed by atoms with van der Waals surface area (Å²) in [7, 11) is 1.68. The van der Waals surface area contributed by atoms with Gasteiger partial charge >= 0.3 is 5.69 Å². The van der Waals surface area contributed by atoms with Crippen LogP contribution in [-0.2, 0) is 20.1 Å². The Morgan fingerprint density at radius 1 is 0.971 bits per heavy atom. The molecule has 0 saturated carbocycles. The molecule has 35 heavy (non-hydrogen) atoms. The standard InChI is InChI=1S/C27H24ClN5O2/c1-17-14-31(21-12-10-20(28)11-13-21)26-29-24-23(32(26)15-17)25(34)33(27(35)30(24)2)16-19-8-5-7-18-6-3-4-9-22(18)19/h3-13,17H,14-16H2,1-2H3/t17-/m1/s1. The number of rotatable bonds is 3. The Balaban J connectivity index is 1.55. The fourth-order valence-corrected chi connectivity index (χ4v) is 5.21. The van der Waals surface area contributed by atoms with Gasteiger partial charge in [-0.25, -0.2) is 4.79 Å². The molecule has 6 rings (SSSR count). The molecule has 0 unspecified atom stereocenters. The van der Waals surface area contributed by atoms with Gasteiger partial charge in [-0.1, -0.05) is 61.0 Å². The second kappa shape index (κ2) is 8.13. The predicted octanol–water partition coefficient (Wildman–Crippen LogP) is 4.54. The topological polar surface area (TPSA) is 65.1 Å². The summed E-state index contributed by atoms with van der Waals surface area (Å²) in [6, 6.07) is 21.5. The van der Waals surface area contributed by atoms with Gasteiger partial charge in [-0.15, -0.1) is 0 Å². The summed E-state index contributed by atoms with van der Waals surface area (Å²) in [4.78, 5) is 34.1. The van der Waals surface area contributed by atoms with Crippen molar-refractivity contribution in [2.75, 3.05) is 11.4 Å². The Hall–Kier alpha value is -3.84. The third-order valence-electron chi connectivity index (χ3n) is 6.79. The number of aromatic nitrogens is 4. The largest absolute Gasteiger partial charge is 0.332 e. The fourth-order valence-electron chi connectivity index (χ4n) is 5.08. The molecule has 0 bridgehead atoms. The fraction of sp³-hybridized carbons (Fsp3) is 0.222. The molecule has 8 heteroatoms. The predicted molar refractivity (Wildman–Crippen MR) is 140 cm³/mol. The van der Waals surface area contributed by atoms with Crippen LogP contribution >= 0.6 is 11.6 Å². The van der Waals surface area contributed by atoms with Crippen LogP contribution in [0, 0.1) is 5.92 Å². The highest BCUT2D eigenvalue weighted by atomic mass is 35.5. The van der Waals surface area contributed by atoms with Crippen molar-refractivity contribution in [2.24, 2.45) is 13.0 Å². The summed E-state index contributed by atoms with van der Waals surface area (Å²) in [6.07, 6.45) is 0. The second-order valence-corrected chi connectivity index (χ2v) is 9.69. The molecule has 7 nitrogen and oxygen atoms in total. The number of hydrogen-bond donors (Lipinski definition) is 0. The number of imidazole rings is 1. The van der Waals surface area contributed by atoms with E-state index in [1.807, 2.05) is 71.3 Å². The summed E-state index contributed by atoms with van der Waals surface area (Å²) in [6.45, 7) is 3.74. The third-order valence-corrected chi connectivity index (χ3v) is 7.04. The van der Waals surface area contributed by atoms with Crippen molar-refractivity contribution < 1.29 is 0 Å². The Bertz CT molecular complexity index is 1710. The van der Waals surface area contributed by atoms with E-state index in [1.165, 1.54) is 9.13 Å². The normalized spacial score (nSPS) is 15.6. The zero-order valence-electron chi connectivity index (χ0n) is 19.5. The highest BCUT2D eigenvalue weighted by molar-refractivity contribution is 6.30. The quantitative estimate of drug-likeness (QED) is 0.376. The molecule has 3 heterocycles. The van der Waals surface area contributed by atoms with E-state index < -0.39 is 0 Å². The van der Waals surface area contributed by atoms with E-state index in [0.717, 1.165) is 28.6 Å². The molecular weight excluding hydrogens is 462 g/mol. The van der Waals surface area contributed by atoms with Crippen LogP contribution in [0.1, 0.15) is 12.5 Å². The molecular formula is C27H24ClN5O2. The van der Waals surface area contributed by atoms with Crippen LogP contribution in [0.4, 0.5) is 11.6 Å². The van der Waals surface area contributed by atoms with Crippen LogP contribution in [0.5, 0.6) is 0 Å². The lowest BCUT2D eigenvalue weighted by Gasteiger charge is -2.33. The average molecular weight is 486 g/mol. The summed E-state index contributed by atoms with van der Waals surface area (Å²) < 4.78 is 4.77. The van der Waals surface area contributed by atoms with Crippen molar-refractivity contribution in [2.45, 2.75) is 20.0 Å². The van der Waals surface area contributed by atoms with E-state index in [9.17, 15) is 9.59 Å². The molecule has 0 amide bonds. The van der Waals surface area contributed by atoms with E-state index in [4.69, 9.17) is 16.6 Å². The zero-order valence-corrected chi connectivity index (χ0v) is 20.2. The van der Waals surface area contributed by atoms with Crippen LogP contribution in [0.25, 0.3) is 21.9 Å². The molecule has 1 atom stereocenters. The van der Waals surface area contributed by atoms with Crippen molar-refractivity contribution in [3.8, 4) is 0 Å². The van der Waals surface area contributed by atoms with Crippen molar-refractivity contribution in [1.29, 1.82) is 0 Å². The smallest absolute Gasteiger partial charge is 0.312 e. The number of aryl methyl sites for hydroxylation is 1. The van der Waals surface area contributed by atoms with Crippen molar-refractivity contribution >= 4 is 45.2 Å². The number of nitrogens with zero attached hydrogens (tertiary/aromatic N) is 5. The summed E-state index contributed by atoms with van der Waals surface area (Å²) >= 11 is 6.10. The van der Waals surface area contributed by atoms with Gasteiger partial charge in [0.25, 0.3) is 5.56 Å². The number of hydrogen-bond acceptors (Lipinski definition) is 4. The molecule has 0 saturated heterocycles. The Labute approximate surface area is 206 Å². The maximum Gasteiger partial charge on any atom is 0.332 e. The van der Waals surface area contributed by atoms with Crippen LogP contribution in [0.15, 0.2) is 76.3 Å². The number of halogens is 1. The number of anilines is 2. The van der Waals surface area contributed by atoms with E-state index in [0.29, 0.717) is 28.7 Å². The molecule has 0 fully saturated rings. The van der Waals surface area contributed by atoms with E-state index in [-0.39, 0.29) is 23.7 Å². The Morgan fingerprint density at radius 2 is 1.71 bits per heavy atom. The first-order valence-corrected chi connectivity index (χ1v) is 12.0. The summed E-state index contributed by atoms with van der Waals surface area (Å²) in [5, 5.41) is 2.76. The Morgan fingerprint density at radius 3 is 2.51 bits per heavy atom. The lowest BCUT2D eigenvalue weighted by Crippen LogP contribution is -2.40. The van der Waals surface area contributed by atoms with Crippen molar-refractivity contribution in [3.63, 3.8) is 0 Å². The van der Waals surface area contributed by atoms with Gasteiger partial charge in [0.15, 0.2) is 11.2 Å². The summed E-state index contributed by atoms with van der Waals surface area (Å²) in [5.41, 5.74) is 2.02. The van der Waals surface area contributed by atoms with Gasteiger partial charge in [0.05, 0.1) is 6.54 Å². The number of benzene rings is 3. The minimum absolute atomic E-state index is 0.194. The van der Waals surface area contributed by atoms with Gasteiger partial charge in [-0.3, -0.25) is 13.9 Å². The van der Waals surface area contributed by atoms with Gasteiger partial charge in [-0.2, -0.15) is 4.98 Å². The Kier molecular flexibility index (Phi) is 5.04. The van der Waals surface area contributed by atoms with Crippen molar-refractivity contribution in [1.82, 2.24) is 18.7 Å². The zero-order chi connectivity index (χ0) is 24.3. The van der Waals surface area contributed by atoms with Crippen LogP contribution in [-0.4, -0.2) is 25.2 Å². The van der Waals surface area contributed by atoms with Gasteiger partial charge in [-0.05, 0) is 46.5 Å². The first-order valence-electron chi connectivity index (χ1n) is 11.6. The van der Waals surface area contributed by atoms with Crippen LogP contribution < -0.4 is 16.1 Å². The molecule has 3 aromatic carbocycles. The lowest BCUT2D eigenvalue weighted by molar-refractivity contribution is 0.458. The monoisotopic (exact) mass is 485 g/mol. The lowest BCUT2D eigenvalue weighted by atomic mass is 10.0. The third kappa shape index (κ3) is 3.46. The van der Waals surface area contributed by atoms with Crippen molar-refractivity contribution in [3.05, 3.63) is 98.2 Å². The minimum atomic E-state index is -0.378. The first-order chi connectivity index (χ1) is 16.9. The highest BCUT2D eigenvalue weighted by Crippen LogP contribution is 2.33. The van der Waals surface area contributed by atoms with Gasteiger partial charge < -0.3 is 9.47 Å². The van der Waals surface area contributed by atoms with E-state index >= 15 is 0 Å². The molecule has 0 N–H and O–H groups in total. The minimum Gasteiger partial charge on any atom is -0.312 e. The van der Waals surface area contributed by atoms with Gasteiger partial charge in [0, 0.05) is 30.8 Å². The molecule has 0 spiro atoms. The van der Waals surface area contributed by atoms with Gasteiger partial charge in [0.2, 0.25) is 5.95 Å². The van der Waals surface area contributed by atoms with Gasteiger partial charge in [0.1, 0.15) is 0 Å². The molecule has 1 aliphatic heterocycles. The molecule has 1 aliphatic rings. The van der Waals surface area contributed by atoms with Crippen LogP contribution in [0.2, 0.25) is 5.02 Å². The SMILES string of the molecule is C[C@@H]1CN(c2ccc(Cl)cc2)c2nc3c(c(=O)n(Cc4cccc5ccccc45)c(=O)n3C)n2C1.